The van der Waals surface area contributed by atoms with Gasteiger partial charge in [-0.25, -0.2) is 19.9 Å². The SMILES string of the molecule is Cc1nccc(CNc2cc(N)nc(C3CC3)n2)n1. The zero-order chi connectivity index (χ0) is 13.2. The van der Waals surface area contributed by atoms with Crippen LogP contribution in [0.2, 0.25) is 0 Å². The van der Waals surface area contributed by atoms with Crippen molar-refractivity contribution in [2.75, 3.05) is 11.1 Å². The fourth-order valence-corrected chi connectivity index (χ4v) is 1.88. The third-order valence-corrected chi connectivity index (χ3v) is 2.99. The minimum atomic E-state index is 0.491. The van der Waals surface area contributed by atoms with E-state index in [0.717, 1.165) is 36.0 Å². The van der Waals surface area contributed by atoms with Crippen LogP contribution in [0.1, 0.15) is 36.1 Å². The third kappa shape index (κ3) is 2.96. The summed E-state index contributed by atoms with van der Waals surface area (Å²) >= 11 is 0. The van der Waals surface area contributed by atoms with Crippen LogP contribution >= 0.6 is 0 Å². The third-order valence-electron chi connectivity index (χ3n) is 2.99. The Labute approximate surface area is 111 Å². The smallest absolute Gasteiger partial charge is 0.136 e. The molecule has 0 unspecified atom stereocenters. The lowest BCUT2D eigenvalue weighted by Gasteiger charge is -2.08. The Balaban J connectivity index is 1.72. The van der Waals surface area contributed by atoms with Gasteiger partial charge in [0.2, 0.25) is 0 Å². The van der Waals surface area contributed by atoms with E-state index in [1.165, 1.54) is 0 Å². The van der Waals surface area contributed by atoms with Crippen molar-refractivity contribution in [1.29, 1.82) is 0 Å². The molecule has 2 aromatic rings. The topological polar surface area (TPSA) is 89.6 Å². The maximum Gasteiger partial charge on any atom is 0.136 e. The van der Waals surface area contributed by atoms with E-state index in [1.54, 1.807) is 12.3 Å². The van der Waals surface area contributed by atoms with Crippen molar-refractivity contribution in [2.24, 2.45) is 0 Å². The number of anilines is 2. The average Bonchev–Trinajstić information content (AvgIpc) is 3.20. The Morgan fingerprint density at radius 3 is 2.89 bits per heavy atom. The first-order valence-corrected chi connectivity index (χ1v) is 6.37. The minimum absolute atomic E-state index is 0.491. The lowest BCUT2D eigenvalue weighted by Crippen LogP contribution is -2.07. The largest absolute Gasteiger partial charge is 0.384 e. The standard InChI is InChI=1S/C13H16N6/c1-8-15-5-4-10(17-8)7-16-12-6-11(14)18-13(19-12)9-2-3-9/h4-6,9H,2-3,7H2,1H3,(H3,14,16,18,19). The van der Waals surface area contributed by atoms with Crippen LogP contribution in [0.15, 0.2) is 18.3 Å². The normalized spacial score (nSPS) is 14.4. The molecule has 0 aliphatic heterocycles. The maximum absolute atomic E-state index is 5.80. The molecule has 6 nitrogen and oxygen atoms in total. The fraction of sp³-hybridized carbons (Fsp3) is 0.385. The highest BCUT2D eigenvalue weighted by Gasteiger charge is 2.27. The zero-order valence-electron chi connectivity index (χ0n) is 10.8. The maximum atomic E-state index is 5.80. The number of nitrogens with two attached hydrogens (primary N) is 1. The molecule has 0 amide bonds. The highest BCUT2D eigenvalue weighted by Crippen LogP contribution is 2.38. The van der Waals surface area contributed by atoms with Crippen LogP contribution in [-0.2, 0) is 6.54 Å². The Kier molecular flexibility index (Phi) is 2.98. The van der Waals surface area contributed by atoms with Crippen LogP contribution in [0.4, 0.5) is 11.6 Å². The van der Waals surface area contributed by atoms with Crippen LogP contribution in [0.5, 0.6) is 0 Å². The fourth-order valence-electron chi connectivity index (χ4n) is 1.88. The van der Waals surface area contributed by atoms with Gasteiger partial charge < -0.3 is 11.1 Å². The summed E-state index contributed by atoms with van der Waals surface area (Å²) in [5, 5.41) is 3.23. The van der Waals surface area contributed by atoms with E-state index in [9.17, 15) is 0 Å². The zero-order valence-corrected chi connectivity index (χ0v) is 10.8. The second-order valence-corrected chi connectivity index (χ2v) is 4.76. The molecular formula is C13H16N6. The number of hydrogen-bond donors (Lipinski definition) is 2. The summed E-state index contributed by atoms with van der Waals surface area (Å²) in [4.78, 5) is 17.2. The molecule has 19 heavy (non-hydrogen) atoms. The Morgan fingerprint density at radius 2 is 2.16 bits per heavy atom. The van der Waals surface area contributed by atoms with Gasteiger partial charge in [0, 0.05) is 18.2 Å². The molecule has 2 heterocycles. The molecule has 1 fully saturated rings. The van der Waals surface area contributed by atoms with Crippen LogP contribution in [0.3, 0.4) is 0 Å². The van der Waals surface area contributed by atoms with E-state index in [2.05, 4.69) is 25.3 Å². The minimum Gasteiger partial charge on any atom is -0.384 e. The van der Waals surface area contributed by atoms with Gasteiger partial charge in [0.15, 0.2) is 0 Å². The van der Waals surface area contributed by atoms with Gasteiger partial charge in [-0.3, -0.25) is 0 Å². The molecule has 3 rings (SSSR count). The number of nitrogen functional groups attached to an aromatic ring is 1. The molecular weight excluding hydrogens is 240 g/mol. The van der Waals surface area contributed by atoms with Gasteiger partial charge in [-0.15, -0.1) is 0 Å². The van der Waals surface area contributed by atoms with Crippen molar-refractivity contribution in [2.45, 2.75) is 32.2 Å². The van der Waals surface area contributed by atoms with Gasteiger partial charge in [-0.2, -0.15) is 0 Å². The average molecular weight is 256 g/mol. The number of nitrogens with zero attached hydrogens (tertiary/aromatic N) is 4. The van der Waals surface area contributed by atoms with Gasteiger partial charge >= 0.3 is 0 Å². The monoisotopic (exact) mass is 256 g/mol. The summed E-state index contributed by atoms with van der Waals surface area (Å²) in [6, 6.07) is 3.63. The summed E-state index contributed by atoms with van der Waals surface area (Å²) in [7, 11) is 0. The molecule has 3 N–H and O–H groups in total. The summed E-state index contributed by atoms with van der Waals surface area (Å²) in [5.74, 6) is 3.37. The predicted octanol–water partition coefficient (Wildman–Crippen LogP) is 1.65. The van der Waals surface area contributed by atoms with Crippen molar-refractivity contribution >= 4 is 11.6 Å². The van der Waals surface area contributed by atoms with Crippen molar-refractivity contribution in [3.63, 3.8) is 0 Å². The Morgan fingerprint density at radius 1 is 1.32 bits per heavy atom. The summed E-state index contributed by atoms with van der Waals surface area (Å²) < 4.78 is 0. The highest BCUT2D eigenvalue weighted by atomic mass is 15.1. The first kappa shape index (κ1) is 11.8. The van der Waals surface area contributed by atoms with E-state index in [-0.39, 0.29) is 0 Å². The lowest BCUT2D eigenvalue weighted by atomic mass is 10.3. The quantitative estimate of drug-likeness (QED) is 0.864. The van der Waals surface area contributed by atoms with Gasteiger partial charge in [0.25, 0.3) is 0 Å². The Hall–Kier alpha value is -2.24. The number of rotatable bonds is 4. The van der Waals surface area contributed by atoms with Gasteiger partial charge in [0.05, 0.1) is 12.2 Å². The first-order chi connectivity index (χ1) is 9.20. The van der Waals surface area contributed by atoms with E-state index in [1.807, 2.05) is 13.0 Å². The van der Waals surface area contributed by atoms with Gasteiger partial charge in [0.1, 0.15) is 23.3 Å². The molecule has 1 aliphatic rings. The molecule has 0 radical (unpaired) electrons. The van der Waals surface area contributed by atoms with E-state index in [0.29, 0.717) is 18.3 Å². The lowest BCUT2D eigenvalue weighted by molar-refractivity contribution is 0.912. The van der Waals surface area contributed by atoms with Crippen LogP contribution in [0.25, 0.3) is 0 Å². The number of nitrogens with one attached hydrogen (secondary N) is 1. The van der Waals surface area contributed by atoms with E-state index < -0.39 is 0 Å². The molecule has 6 heteroatoms. The summed E-state index contributed by atoms with van der Waals surface area (Å²) in [5.41, 5.74) is 6.73. The highest BCUT2D eigenvalue weighted by molar-refractivity contribution is 5.45. The van der Waals surface area contributed by atoms with Crippen molar-refractivity contribution < 1.29 is 0 Å². The molecule has 2 aromatic heterocycles. The summed E-state index contributed by atoms with van der Waals surface area (Å²) in [6.07, 6.45) is 4.07. The molecule has 1 aliphatic carbocycles. The Bertz CT molecular complexity index is 593. The van der Waals surface area contributed by atoms with E-state index in [4.69, 9.17) is 5.73 Å². The predicted molar refractivity (Wildman–Crippen MR) is 72.5 cm³/mol. The second-order valence-electron chi connectivity index (χ2n) is 4.76. The number of aryl methyl sites for hydroxylation is 1. The van der Waals surface area contributed by atoms with Crippen LogP contribution in [-0.4, -0.2) is 19.9 Å². The molecule has 1 saturated carbocycles. The molecule has 0 saturated heterocycles. The molecule has 0 aromatic carbocycles. The number of aromatic nitrogens is 4. The first-order valence-electron chi connectivity index (χ1n) is 6.37. The molecule has 0 spiro atoms. The van der Waals surface area contributed by atoms with E-state index >= 15 is 0 Å². The molecule has 0 bridgehead atoms. The van der Waals surface area contributed by atoms with Crippen LogP contribution < -0.4 is 11.1 Å². The summed E-state index contributed by atoms with van der Waals surface area (Å²) in [6.45, 7) is 2.47. The van der Waals surface area contributed by atoms with Gasteiger partial charge in [-0.05, 0) is 25.8 Å². The van der Waals surface area contributed by atoms with Crippen molar-refractivity contribution in [3.8, 4) is 0 Å². The van der Waals surface area contributed by atoms with Crippen LogP contribution in [0, 0.1) is 6.92 Å². The second kappa shape index (κ2) is 4.79. The number of hydrogen-bond acceptors (Lipinski definition) is 6. The molecule has 98 valence electrons. The van der Waals surface area contributed by atoms with Gasteiger partial charge in [-0.1, -0.05) is 0 Å². The van der Waals surface area contributed by atoms with Crippen molar-refractivity contribution in [3.05, 3.63) is 35.7 Å². The molecule has 0 atom stereocenters. The van der Waals surface area contributed by atoms with Crippen molar-refractivity contribution in [1.82, 2.24) is 19.9 Å².